The molecule has 1 amide bonds. The standard InChI is InChI=1S/C8H6N6O/c9-3-5-4-11-14-7(5)12-8(15)6-1-2-10-13-6/h1-2,4H,(H,10,13)(H2,11,12,14,15). The van der Waals surface area contributed by atoms with E-state index in [1.165, 1.54) is 18.5 Å². The summed E-state index contributed by atoms with van der Waals surface area (Å²) in [5.74, 6) is -0.106. The highest BCUT2D eigenvalue weighted by atomic mass is 16.2. The van der Waals surface area contributed by atoms with E-state index in [0.717, 1.165) is 0 Å². The Morgan fingerprint density at radius 3 is 3.00 bits per heavy atom. The lowest BCUT2D eigenvalue weighted by atomic mass is 10.3. The lowest BCUT2D eigenvalue weighted by Crippen LogP contribution is -2.13. The molecule has 2 aromatic heterocycles. The summed E-state index contributed by atoms with van der Waals surface area (Å²) < 4.78 is 0. The Labute approximate surface area is 84.1 Å². The number of aromatic nitrogens is 4. The number of amides is 1. The van der Waals surface area contributed by atoms with Crippen LogP contribution in [0.1, 0.15) is 16.1 Å². The Morgan fingerprint density at radius 2 is 2.33 bits per heavy atom. The summed E-state index contributed by atoms with van der Waals surface area (Å²) in [7, 11) is 0. The van der Waals surface area contributed by atoms with Gasteiger partial charge in [0.1, 0.15) is 23.1 Å². The van der Waals surface area contributed by atoms with Crippen molar-refractivity contribution in [2.75, 3.05) is 5.32 Å². The molecule has 0 aliphatic heterocycles. The van der Waals surface area contributed by atoms with Crippen LogP contribution in [-0.2, 0) is 0 Å². The first-order chi connectivity index (χ1) is 7.31. The third kappa shape index (κ3) is 1.68. The van der Waals surface area contributed by atoms with E-state index in [4.69, 9.17) is 5.26 Å². The van der Waals surface area contributed by atoms with Gasteiger partial charge in [0.05, 0.1) is 6.20 Å². The van der Waals surface area contributed by atoms with Crippen LogP contribution in [-0.4, -0.2) is 26.3 Å². The van der Waals surface area contributed by atoms with Gasteiger partial charge in [-0.25, -0.2) is 0 Å². The van der Waals surface area contributed by atoms with Crippen molar-refractivity contribution in [2.45, 2.75) is 0 Å². The van der Waals surface area contributed by atoms with Crippen molar-refractivity contribution in [1.29, 1.82) is 5.26 Å². The first kappa shape index (κ1) is 8.96. The maximum absolute atomic E-state index is 11.5. The van der Waals surface area contributed by atoms with Crippen molar-refractivity contribution >= 4 is 11.7 Å². The smallest absolute Gasteiger partial charge is 0.274 e. The van der Waals surface area contributed by atoms with Gasteiger partial charge in [0.2, 0.25) is 0 Å². The first-order valence-electron chi connectivity index (χ1n) is 4.05. The number of hydrogen-bond donors (Lipinski definition) is 3. The zero-order chi connectivity index (χ0) is 10.7. The summed E-state index contributed by atoms with van der Waals surface area (Å²) in [5, 5.41) is 23.5. The minimum Gasteiger partial charge on any atom is -0.304 e. The Kier molecular flexibility index (Phi) is 2.17. The lowest BCUT2D eigenvalue weighted by Gasteiger charge is -1.99. The van der Waals surface area contributed by atoms with Crippen LogP contribution in [0.15, 0.2) is 18.5 Å². The predicted octanol–water partition coefficient (Wildman–Crippen LogP) is 0.257. The van der Waals surface area contributed by atoms with E-state index in [0.29, 0.717) is 5.69 Å². The number of rotatable bonds is 2. The van der Waals surface area contributed by atoms with Crippen molar-refractivity contribution in [3.63, 3.8) is 0 Å². The Balaban J connectivity index is 2.17. The zero-order valence-electron chi connectivity index (χ0n) is 7.48. The SMILES string of the molecule is N#Cc1cn[nH]c1NC(=O)c1ccn[nH]1. The van der Waals surface area contributed by atoms with Gasteiger partial charge < -0.3 is 5.32 Å². The molecule has 0 spiro atoms. The van der Waals surface area contributed by atoms with Crippen molar-refractivity contribution in [3.8, 4) is 6.07 Å². The summed E-state index contributed by atoms with van der Waals surface area (Å²) >= 11 is 0. The second-order valence-corrected chi connectivity index (χ2v) is 2.69. The van der Waals surface area contributed by atoms with Crippen LogP contribution in [0.2, 0.25) is 0 Å². The molecule has 74 valence electrons. The fourth-order valence-corrected chi connectivity index (χ4v) is 1.03. The predicted molar refractivity (Wildman–Crippen MR) is 49.8 cm³/mol. The molecule has 0 saturated carbocycles. The quantitative estimate of drug-likeness (QED) is 0.648. The Bertz CT molecular complexity index is 505. The van der Waals surface area contributed by atoms with Gasteiger partial charge in [-0.3, -0.25) is 15.0 Å². The van der Waals surface area contributed by atoms with E-state index in [9.17, 15) is 4.79 Å². The minimum atomic E-state index is -0.381. The number of carbonyl (C=O) groups is 1. The molecular weight excluding hydrogens is 196 g/mol. The first-order valence-corrected chi connectivity index (χ1v) is 4.05. The fourth-order valence-electron chi connectivity index (χ4n) is 1.03. The molecule has 0 saturated heterocycles. The zero-order valence-corrected chi connectivity index (χ0v) is 7.48. The topological polar surface area (TPSA) is 110 Å². The van der Waals surface area contributed by atoms with Crippen LogP contribution < -0.4 is 5.32 Å². The highest BCUT2D eigenvalue weighted by molar-refractivity contribution is 6.02. The van der Waals surface area contributed by atoms with Crippen LogP contribution in [0, 0.1) is 11.3 Å². The number of nitrogens with zero attached hydrogens (tertiary/aromatic N) is 3. The number of hydrogen-bond acceptors (Lipinski definition) is 4. The lowest BCUT2D eigenvalue weighted by molar-refractivity contribution is 0.102. The molecule has 0 radical (unpaired) electrons. The van der Waals surface area contributed by atoms with Gasteiger partial charge in [-0.05, 0) is 6.07 Å². The molecule has 7 nitrogen and oxygen atoms in total. The van der Waals surface area contributed by atoms with Crippen molar-refractivity contribution < 1.29 is 4.79 Å². The van der Waals surface area contributed by atoms with Crippen LogP contribution in [0.3, 0.4) is 0 Å². The van der Waals surface area contributed by atoms with E-state index in [-0.39, 0.29) is 17.3 Å². The van der Waals surface area contributed by atoms with Crippen LogP contribution in [0.5, 0.6) is 0 Å². The maximum atomic E-state index is 11.5. The molecule has 2 heterocycles. The highest BCUT2D eigenvalue weighted by Crippen LogP contribution is 2.09. The second kappa shape index (κ2) is 3.63. The maximum Gasteiger partial charge on any atom is 0.274 e. The summed E-state index contributed by atoms with van der Waals surface area (Å²) in [5.41, 5.74) is 0.594. The molecule has 0 aromatic carbocycles. The number of aromatic amines is 2. The average molecular weight is 202 g/mol. The second-order valence-electron chi connectivity index (χ2n) is 2.69. The average Bonchev–Trinajstić information content (AvgIpc) is 2.87. The van der Waals surface area contributed by atoms with Gasteiger partial charge in [-0.2, -0.15) is 15.5 Å². The molecule has 2 aromatic rings. The molecule has 0 unspecified atom stereocenters. The van der Waals surface area contributed by atoms with Gasteiger partial charge >= 0.3 is 0 Å². The molecule has 0 atom stereocenters. The fraction of sp³-hybridized carbons (Fsp3) is 0. The van der Waals surface area contributed by atoms with E-state index in [2.05, 4.69) is 25.7 Å². The number of carbonyl (C=O) groups excluding carboxylic acids is 1. The third-order valence-electron chi connectivity index (χ3n) is 1.74. The van der Waals surface area contributed by atoms with Crippen molar-refractivity contribution in [3.05, 3.63) is 29.7 Å². The normalized spacial score (nSPS) is 9.53. The third-order valence-corrected chi connectivity index (χ3v) is 1.74. The summed E-state index contributed by atoms with van der Waals surface area (Å²) in [6.45, 7) is 0. The number of anilines is 1. The molecule has 0 bridgehead atoms. The van der Waals surface area contributed by atoms with E-state index in [1.807, 2.05) is 6.07 Å². The van der Waals surface area contributed by atoms with Crippen molar-refractivity contribution in [2.24, 2.45) is 0 Å². The monoisotopic (exact) mass is 202 g/mol. The molecule has 0 aliphatic rings. The van der Waals surface area contributed by atoms with E-state index < -0.39 is 0 Å². The van der Waals surface area contributed by atoms with Crippen LogP contribution >= 0.6 is 0 Å². The molecule has 7 heteroatoms. The van der Waals surface area contributed by atoms with Crippen molar-refractivity contribution in [1.82, 2.24) is 20.4 Å². The number of nitriles is 1. The van der Waals surface area contributed by atoms with Crippen LogP contribution in [0.4, 0.5) is 5.82 Å². The van der Waals surface area contributed by atoms with Crippen LogP contribution in [0.25, 0.3) is 0 Å². The Morgan fingerprint density at radius 1 is 1.47 bits per heavy atom. The highest BCUT2D eigenvalue weighted by Gasteiger charge is 2.11. The molecular formula is C8H6N6O. The largest absolute Gasteiger partial charge is 0.304 e. The molecule has 2 rings (SSSR count). The van der Waals surface area contributed by atoms with Gasteiger partial charge in [0.15, 0.2) is 0 Å². The van der Waals surface area contributed by atoms with E-state index >= 15 is 0 Å². The summed E-state index contributed by atoms with van der Waals surface area (Å²) in [4.78, 5) is 11.5. The van der Waals surface area contributed by atoms with Gasteiger partial charge in [0, 0.05) is 6.20 Å². The van der Waals surface area contributed by atoms with E-state index in [1.54, 1.807) is 0 Å². The number of nitrogens with one attached hydrogen (secondary N) is 3. The Hall–Kier alpha value is -2.62. The molecule has 3 N–H and O–H groups in total. The van der Waals surface area contributed by atoms with Gasteiger partial charge in [0.25, 0.3) is 5.91 Å². The summed E-state index contributed by atoms with van der Waals surface area (Å²) in [6.07, 6.45) is 2.80. The minimum absolute atomic E-state index is 0.275. The van der Waals surface area contributed by atoms with Gasteiger partial charge in [-0.15, -0.1) is 0 Å². The van der Waals surface area contributed by atoms with Gasteiger partial charge in [-0.1, -0.05) is 0 Å². The molecule has 0 aliphatic carbocycles. The molecule has 15 heavy (non-hydrogen) atoms. The molecule has 0 fully saturated rings. The number of H-pyrrole nitrogens is 2. The summed E-state index contributed by atoms with van der Waals surface area (Å²) in [6, 6.07) is 3.42.